The van der Waals surface area contributed by atoms with Crippen LogP contribution < -0.4 is 0 Å². The van der Waals surface area contributed by atoms with Crippen molar-refractivity contribution >= 4 is 5.78 Å². The second-order valence-corrected chi connectivity index (χ2v) is 3.85. The van der Waals surface area contributed by atoms with Gasteiger partial charge in [0.05, 0.1) is 5.60 Å². The first-order valence-electron chi connectivity index (χ1n) is 3.95. The van der Waals surface area contributed by atoms with Crippen LogP contribution in [-0.4, -0.2) is 17.0 Å². The Hall–Kier alpha value is -0.630. The summed E-state index contributed by atoms with van der Waals surface area (Å²) in [5, 5.41) is 0. The molecule has 0 aliphatic carbocycles. The zero-order valence-corrected chi connectivity index (χ0v) is 6.89. The highest BCUT2D eigenvalue weighted by molar-refractivity contribution is 5.90. The molecular weight excluding hydrogens is 140 g/mol. The maximum Gasteiger partial charge on any atom is 0.167 e. The van der Waals surface area contributed by atoms with Crippen LogP contribution >= 0.6 is 0 Å². The molecule has 2 heterocycles. The third-order valence-corrected chi connectivity index (χ3v) is 2.54. The Bertz CT molecular complexity index is 244. The summed E-state index contributed by atoms with van der Waals surface area (Å²) in [5.41, 5.74) is -0.812. The van der Waals surface area contributed by atoms with Gasteiger partial charge in [-0.1, -0.05) is 12.2 Å². The summed E-state index contributed by atoms with van der Waals surface area (Å²) in [7, 11) is 0. The molecule has 2 atom stereocenters. The van der Waals surface area contributed by atoms with Gasteiger partial charge in [-0.25, -0.2) is 0 Å². The molecule has 2 rings (SSSR count). The molecule has 60 valence electrons. The Morgan fingerprint density at radius 1 is 1.55 bits per heavy atom. The van der Waals surface area contributed by atoms with E-state index in [4.69, 9.17) is 4.74 Å². The lowest BCUT2D eigenvalue weighted by atomic mass is 9.98. The quantitative estimate of drug-likeness (QED) is 0.491. The summed E-state index contributed by atoms with van der Waals surface area (Å²) >= 11 is 0. The number of Topliss-reactive ketones (excluding diaryl/α,β-unsaturated/α-hetero) is 1. The molecule has 1 fully saturated rings. The Balaban J connectivity index is 2.43. The van der Waals surface area contributed by atoms with Crippen LogP contribution in [-0.2, 0) is 9.53 Å². The summed E-state index contributed by atoms with van der Waals surface area (Å²) in [5.74, 6) is 0.241. The summed E-state index contributed by atoms with van der Waals surface area (Å²) < 4.78 is 5.65. The molecular formula is C9H12O2. The zero-order chi connectivity index (χ0) is 8.11. The summed E-state index contributed by atoms with van der Waals surface area (Å²) in [6.45, 7) is 3.84. The van der Waals surface area contributed by atoms with Crippen molar-refractivity contribution in [3.63, 3.8) is 0 Å². The molecule has 0 aromatic heterocycles. The third kappa shape index (κ3) is 0.857. The van der Waals surface area contributed by atoms with E-state index >= 15 is 0 Å². The molecule has 11 heavy (non-hydrogen) atoms. The predicted octanol–water partition coefficient (Wildman–Crippen LogP) is 1.45. The molecule has 0 spiro atoms. The van der Waals surface area contributed by atoms with Gasteiger partial charge in [0.2, 0.25) is 0 Å². The predicted molar refractivity (Wildman–Crippen MR) is 41.3 cm³/mol. The van der Waals surface area contributed by atoms with Crippen LogP contribution in [0.4, 0.5) is 0 Å². The molecule has 2 nitrogen and oxygen atoms in total. The fraction of sp³-hybridized carbons (Fsp3) is 0.667. The van der Waals surface area contributed by atoms with Gasteiger partial charge >= 0.3 is 0 Å². The van der Waals surface area contributed by atoms with E-state index in [2.05, 4.69) is 6.08 Å². The second-order valence-electron chi connectivity index (χ2n) is 3.85. The average molecular weight is 152 g/mol. The summed E-state index contributed by atoms with van der Waals surface area (Å²) in [6.07, 6.45) is 5.33. The SMILES string of the molecule is CC12C=CCC(C)(O1)C(=O)C2. The number of rotatable bonds is 0. The number of ketones is 1. The molecule has 0 amide bonds. The minimum atomic E-state index is -0.510. The lowest BCUT2D eigenvalue weighted by Gasteiger charge is -2.29. The van der Waals surface area contributed by atoms with Crippen molar-refractivity contribution < 1.29 is 9.53 Å². The maximum atomic E-state index is 11.4. The van der Waals surface area contributed by atoms with Gasteiger partial charge < -0.3 is 4.74 Å². The lowest BCUT2D eigenvalue weighted by Crippen LogP contribution is -2.35. The first-order chi connectivity index (χ1) is 5.04. The Morgan fingerprint density at radius 3 is 2.82 bits per heavy atom. The van der Waals surface area contributed by atoms with E-state index in [9.17, 15) is 4.79 Å². The van der Waals surface area contributed by atoms with E-state index in [1.807, 2.05) is 19.9 Å². The van der Waals surface area contributed by atoms with Gasteiger partial charge in [0, 0.05) is 12.8 Å². The van der Waals surface area contributed by atoms with Crippen molar-refractivity contribution in [3.8, 4) is 0 Å². The molecule has 2 aliphatic heterocycles. The zero-order valence-electron chi connectivity index (χ0n) is 6.89. The Kier molecular flexibility index (Phi) is 1.12. The van der Waals surface area contributed by atoms with Crippen LogP contribution in [0.3, 0.4) is 0 Å². The Morgan fingerprint density at radius 2 is 2.27 bits per heavy atom. The van der Waals surface area contributed by atoms with Gasteiger partial charge in [-0.05, 0) is 13.8 Å². The number of hydrogen-bond donors (Lipinski definition) is 0. The average Bonchev–Trinajstić information content (AvgIpc) is 1.99. The van der Waals surface area contributed by atoms with E-state index in [-0.39, 0.29) is 11.4 Å². The van der Waals surface area contributed by atoms with Crippen molar-refractivity contribution in [2.45, 2.75) is 37.9 Å². The van der Waals surface area contributed by atoms with Crippen molar-refractivity contribution in [1.29, 1.82) is 0 Å². The van der Waals surface area contributed by atoms with E-state index in [1.165, 1.54) is 0 Å². The molecule has 0 N–H and O–H groups in total. The first kappa shape index (κ1) is 7.04. The van der Waals surface area contributed by atoms with E-state index in [0.29, 0.717) is 6.42 Å². The first-order valence-corrected chi connectivity index (χ1v) is 3.95. The minimum Gasteiger partial charge on any atom is -0.356 e. The normalized spacial score (nSPS) is 48.4. The third-order valence-electron chi connectivity index (χ3n) is 2.54. The molecule has 0 radical (unpaired) electrons. The molecule has 0 aromatic carbocycles. The highest BCUT2D eigenvalue weighted by Gasteiger charge is 2.50. The van der Waals surface area contributed by atoms with Gasteiger partial charge in [-0.2, -0.15) is 0 Å². The van der Waals surface area contributed by atoms with Crippen LogP contribution in [0.5, 0.6) is 0 Å². The Labute approximate surface area is 66.2 Å². The minimum absolute atomic E-state index is 0.241. The lowest BCUT2D eigenvalue weighted by molar-refractivity contribution is -0.134. The van der Waals surface area contributed by atoms with Crippen LogP contribution in [0.2, 0.25) is 0 Å². The molecule has 0 aromatic rings. The van der Waals surface area contributed by atoms with Crippen LogP contribution in [0.1, 0.15) is 26.7 Å². The molecule has 1 saturated heterocycles. The fourth-order valence-electron chi connectivity index (χ4n) is 1.89. The largest absolute Gasteiger partial charge is 0.356 e. The van der Waals surface area contributed by atoms with Gasteiger partial charge in [0.1, 0.15) is 5.60 Å². The highest BCUT2D eigenvalue weighted by Crippen LogP contribution is 2.41. The molecule has 2 heteroatoms. The second kappa shape index (κ2) is 1.75. The van der Waals surface area contributed by atoms with E-state index in [0.717, 1.165) is 6.42 Å². The van der Waals surface area contributed by atoms with E-state index < -0.39 is 5.60 Å². The number of carbonyl (C=O) groups is 1. The van der Waals surface area contributed by atoms with Crippen LogP contribution in [0.25, 0.3) is 0 Å². The van der Waals surface area contributed by atoms with Crippen molar-refractivity contribution in [2.75, 3.05) is 0 Å². The van der Waals surface area contributed by atoms with Gasteiger partial charge in [-0.15, -0.1) is 0 Å². The van der Waals surface area contributed by atoms with Gasteiger partial charge in [0.25, 0.3) is 0 Å². The fourth-order valence-corrected chi connectivity index (χ4v) is 1.89. The summed E-state index contributed by atoms with van der Waals surface area (Å²) in [6, 6.07) is 0. The van der Waals surface area contributed by atoms with Crippen molar-refractivity contribution in [1.82, 2.24) is 0 Å². The number of carbonyl (C=O) groups excluding carboxylic acids is 1. The number of ether oxygens (including phenoxy) is 1. The highest BCUT2D eigenvalue weighted by atomic mass is 16.5. The smallest absolute Gasteiger partial charge is 0.167 e. The monoisotopic (exact) mass is 152 g/mol. The molecule has 2 bridgehead atoms. The van der Waals surface area contributed by atoms with Crippen molar-refractivity contribution in [2.24, 2.45) is 0 Å². The van der Waals surface area contributed by atoms with Crippen LogP contribution in [0, 0.1) is 0 Å². The number of hydrogen-bond acceptors (Lipinski definition) is 2. The van der Waals surface area contributed by atoms with Gasteiger partial charge in [-0.3, -0.25) is 4.79 Å². The van der Waals surface area contributed by atoms with Crippen molar-refractivity contribution in [3.05, 3.63) is 12.2 Å². The van der Waals surface area contributed by atoms with E-state index in [1.54, 1.807) is 0 Å². The molecule has 2 aliphatic rings. The number of fused-ring (bicyclic) bond motifs is 2. The topological polar surface area (TPSA) is 26.3 Å². The molecule has 0 saturated carbocycles. The van der Waals surface area contributed by atoms with Crippen LogP contribution in [0.15, 0.2) is 12.2 Å². The summed E-state index contributed by atoms with van der Waals surface area (Å²) in [4.78, 5) is 11.4. The molecule has 2 unspecified atom stereocenters. The van der Waals surface area contributed by atoms with Gasteiger partial charge in [0.15, 0.2) is 5.78 Å². The standard InChI is InChI=1S/C9H12O2/c1-8-4-3-5-9(2,11-8)7(10)6-8/h3-4H,5-6H2,1-2H3. The maximum absolute atomic E-state index is 11.4.